The zero-order valence-electron chi connectivity index (χ0n) is 4.56. The van der Waals surface area contributed by atoms with E-state index >= 15 is 0 Å². The number of hydrogen-bond acceptors (Lipinski definition) is 2. The molecule has 0 aromatic carbocycles. The summed E-state index contributed by atoms with van der Waals surface area (Å²) >= 11 is 4.63. The van der Waals surface area contributed by atoms with Crippen LogP contribution in [0.3, 0.4) is 0 Å². The standard InChI is InChI=1S/C4H10N2S/c1-3(6-2)4(5)7/h3,6H,1-2H3,(H2,5,7)/t3-/m0/s1. The smallest absolute Gasteiger partial charge is 0.0896 e. The average Bonchev–Trinajstić information content (AvgIpc) is 1.65. The summed E-state index contributed by atoms with van der Waals surface area (Å²) in [4.78, 5) is 0.516. The number of nitrogens with two attached hydrogens (primary N) is 1. The topological polar surface area (TPSA) is 38.0 Å². The Hall–Kier alpha value is -0.150. The number of likely N-dealkylation sites (N-methyl/N-ethyl adjacent to an activating group) is 1. The van der Waals surface area contributed by atoms with E-state index < -0.39 is 0 Å². The van der Waals surface area contributed by atoms with Crippen LogP contribution >= 0.6 is 12.2 Å². The summed E-state index contributed by atoms with van der Waals surface area (Å²) in [5, 5.41) is 2.90. The van der Waals surface area contributed by atoms with Crippen molar-refractivity contribution in [3.63, 3.8) is 0 Å². The van der Waals surface area contributed by atoms with Gasteiger partial charge in [0.2, 0.25) is 0 Å². The van der Waals surface area contributed by atoms with Gasteiger partial charge >= 0.3 is 0 Å². The second-order valence-corrected chi connectivity index (χ2v) is 1.88. The monoisotopic (exact) mass is 118 g/mol. The van der Waals surface area contributed by atoms with Crippen molar-refractivity contribution >= 4 is 17.2 Å². The highest BCUT2D eigenvalue weighted by Gasteiger charge is 1.96. The van der Waals surface area contributed by atoms with Crippen molar-refractivity contribution < 1.29 is 0 Å². The van der Waals surface area contributed by atoms with Gasteiger partial charge in [0.15, 0.2) is 0 Å². The van der Waals surface area contributed by atoms with Crippen LogP contribution in [0.15, 0.2) is 0 Å². The molecule has 7 heavy (non-hydrogen) atoms. The van der Waals surface area contributed by atoms with Crippen LogP contribution in [0.5, 0.6) is 0 Å². The minimum atomic E-state index is 0.162. The van der Waals surface area contributed by atoms with E-state index in [9.17, 15) is 0 Å². The Balaban J connectivity index is 3.34. The van der Waals surface area contributed by atoms with Gasteiger partial charge in [-0.1, -0.05) is 12.2 Å². The average molecular weight is 118 g/mol. The molecule has 0 aliphatic heterocycles. The van der Waals surface area contributed by atoms with Crippen molar-refractivity contribution in [1.29, 1.82) is 0 Å². The van der Waals surface area contributed by atoms with Gasteiger partial charge in [-0.3, -0.25) is 0 Å². The molecule has 0 rings (SSSR count). The van der Waals surface area contributed by atoms with Crippen LogP contribution in [0.4, 0.5) is 0 Å². The van der Waals surface area contributed by atoms with Crippen LogP contribution in [0, 0.1) is 0 Å². The van der Waals surface area contributed by atoms with Gasteiger partial charge in [-0.15, -0.1) is 0 Å². The minimum Gasteiger partial charge on any atom is -0.392 e. The summed E-state index contributed by atoms with van der Waals surface area (Å²) in [6, 6.07) is 0.162. The molecule has 0 aromatic heterocycles. The highest BCUT2D eigenvalue weighted by Crippen LogP contribution is 1.75. The lowest BCUT2D eigenvalue weighted by molar-refractivity contribution is 0.766. The fraction of sp³-hybridized carbons (Fsp3) is 0.750. The van der Waals surface area contributed by atoms with Crippen LogP contribution in [0.1, 0.15) is 6.92 Å². The van der Waals surface area contributed by atoms with Crippen molar-refractivity contribution in [2.45, 2.75) is 13.0 Å². The molecule has 0 aliphatic rings. The number of hydrogen-bond donors (Lipinski definition) is 2. The third-order valence-electron chi connectivity index (χ3n) is 0.860. The van der Waals surface area contributed by atoms with Crippen molar-refractivity contribution in [3.8, 4) is 0 Å². The lowest BCUT2D eigenvalue weighted by Crippen LogP contribution is -2.34. The Morgan fingerprint density at radius 2 is 2.29 bits per heavy atom. The molecule has 0 heterocycles. The predicted molar refractivity (Wildman–Crippen MR) is 35.3 cm³/mol. The third kappa shape index (κ3) is 2.53. The molecule has 42 valence electrons. The largest absolute Gasteiger partial charge is 0.392 e. The van der Waals surface area contributed by atoms with Gasteiger partial charge in [-0.2, -0.15) is 0 Å². The Bertz CT molecular complexity index is 72.1. The second kappa shape index (κ2) is 2.93. The van der Waals surface area contributed by atoms with E-state index in [1.165, 1.54) is 0 Å². The van der Waals surface area contributed by atoms with E-state index in [1.54, 1.807) is 0 Å². The molecule has 0 fully saturated rings. The molecular weight excluding hydrogens is 108 g/mol. The van der Waals surface area contributed by atoms with Crippen molar-refractivity contribution in [2.24, 2.45) is 5.73 Å². The second-order valence-electron chi connectivity index (χ2n) is 1.41. The van der Waals surface area contributed by atoms with Gasteiger partial charge in [-0.05, 0) is 14.0 Å². The summed E-state index contributed by atoms with van der Waals surface area (Å²) in [5.41, 5.74) is 5.22. The quantitative estimate of drug-likeness (QED) is 0.496. The SMILES string of the molecule is CN[C@@H](C)C(N)=S. The van der Waals surface area contributed by atoms with Crippen LogP contribution in [-0.2, 0) is 0 Å². The van der Waals surface area contributed by atoms with E-state index in [4.69, 9.17) is 5.73 Å². The van der Waals surface area contributed by atoms with Crippen molar-refractivity contribution in [1.82, 2.24) is 5.32 Å². The predicted octanol–water partition coefficient (Wildman–Crippen LogP) is -0.120. The fourth-order valence-corrected chi connectivity index (χ4v) is 0.260. The maximum Gasteiger partial charge on any atom is 0.0896 e. The molecule has 0 bridgehead atoms. The Morgan fingerprint density at radius 1 is 1.86 bits per heavy atom. The minimum absolute atomic E-state index is 0.162. The molecule has 0 spiro atoms. The first-order valence-corrected chi connectivity index (χ1v) is 2.56. The van der Waals surface area contributed by atoms with Gasteiger partial charge < -0.3 is 11.1 Å². The first kappa shape index (κ1) is 6.85. The van der Waals surface area contributed by atoms with E-state index in [1.807, 2.05) is 14.0 Å². The van der Waals surface area contributed by atoms with Gasteiger partial charge in [0, 0.05) is 0 Å². The maximum absolute atomic E-state index is 5.22. The third-order valence-corrected chi connectivity index (χ3v) is 1.21. The van der Waals surface area contributed by atoms with Crippen LogP contribution in [0.25, 0.3) is 0 Å². The molecule has 3 N–H and O–H groups in total. The van der Waals surface area contributed by atoms with Crippen LogP contribution in [-0.4, -0.2) is 18.1 Å². The number of rotatable bonds is 2. The van der Waals surface area contributed by atoms with Gasteiger partial charge in [0.25, 0.3) is 0 Å². The summed E-state index contributed by atoms with van der Waals surface area (Å²) in [6.07, 6.45) is 0. The lowest BCUT2D eigenvalue weighted by atomic mass is 10.4. The van der Waals surface area contributed by atoms with Crippen LogP contribution < -0.4 is 11.1 Å². The Labute approximate surface area is 49.1 Å². The van der Waals surface area contributed by atoms with Gasteiger partial charge in [0.1, 0.15) is 0 Å². The Morgan fingerprint density at radius 3 is 2.29 bits per heavy atom. The van der Waals surface area contributed by atoms with Crippen LogP contribution in [0.2, 0.25) is 0 Å². The van der Waals surface area contributed by atoms with Gasteiger partial charge in [-0.25, -0.2) is 0 Å². The molecule has 0 amide bonds. The fourth-order valence-electron chi connectivity index (χ4n) is 0.142. The molecule has 2 nitrogen and oxygen atoms in total. The molecule has 0 aromatic rings. The van der Waals surface area contributed by atoms with E-state index in [2.05, 4.69) is 17.5 Å². The molecule has 0 radical (unpaired) electrons. The lowest BCUT2D eigenvalue weighted by Gasteiger charge is -2.04. The number of thiocarbonyl (C=S) groups is 1. The summed E-state index contributed by atoms with van der Waals surface area (Å²) in [5.74, 6) is 0. The van der Waals surface area contributed by atoms with E-state index in [0.29, 0.717) is 4.99 Å². The molecule has 1 atom stereocenters. The van der Waals surface area contributed by atoms with Crippen molar-refractivity contribution in [3.05, 3.63) is 0 Å². The Kier molecular flexibility index (Phi) is 2.87. The first-order valence-electron chi connectivity index (χ1n) is 2.15. The zero-order valence-corrected chi connectivity index (χ0v) is 5.38. The van der Waals surface area contributed by atoms with Crippen molar-refractivity contribution in [2.75, 3.05) is 7.05 Å². The maximum atomic E-state index is 5.22. The zero-order chi connectivity index (χ0) is 5.86. The molecule has 3 heteroatoms. The number of nitrogens with one attached hydrogen (secondary N) is 1. The molecule has 0 unspecified atom stereocenters. The molecule has 0 aliphatic carbocycles. The molecule has 0 saturated carbocycles. The first-order chi connectivity index (χ1) is 3.18. The normalized spacial score (nSPS) is 13.4. The van der Waals surface area contributed by atoms with E-state index in [-0.39, 0.29) is 6.04 Å². The molecular formula is C4H10N2S. The molecule has 0 saturated heterocycles. The highest BCUT2D eigenvalue weighted by atomic mass is 32.1. The van der Waals surface area contributed by atoms with E-state index in [0.717, 1.165) is 0 Å². The van der Waals surface area contributed by atoms with Gasteiger partial charge in [0.05, 0.1) is 11.0 Å². The summed E-state index contributed by atoms with van der Waals surface area (Å²) in [6.45, 7) is 1.92. The summed E-state index contributed by atoms with van der Waals surface area (Å²) < 4.78 is 0. The highest BCUT2D eigenvalue weighted by molar-refractivity contribution is 7.80. The summed E-state index contributed by atoms with van der Waals surface area (Å²) in [7, 11) is 1.82.